The Morgan fingerprint density at radius 1 is 1.09 bits per heavy atom. The van der Waals surface area contributed by atoms with Crippen molar-refractivity contribution in [2.75, 3.05) is 7.05 Å². The third-order valence-electron chi connectivity index (χ3n) is 5.06. The maximum absolute atomic E-state index is 13.7. The number of aryl methyl sites for hydroxylation is 1. The van der Waals surface area contributed by atoms with E-state index >= 15 is 0 Å². The Labute approximate surface area is 198 Å². The minimum atomic E-state index is -0.657. The molecule has 0 bridgehead atoms. The van der Waals surface area contributed by atoms with Gasteiger partial charge < -0.3 is 5.32 Å². The molecule has 0 spiro atoms. The maximum atomic E-state index is 13.7. The number of carbonyl (C=O) groups is 2. The fraction of sp³-hybridized carbons (Fsp3) is 0.167. The predicted molar refractivity (Wildman–Crippen MR) is 133 cm³/mol. The summed E-state index contributed by atoms with van der Waals surface area (Å²) in [5.74, 6) is -0.471. The molecular weight excluding hydrogens is 456 g/mol. The zero-order chi connectivity index (χ0) is 23.5. The van der Waals surface area contributed by atoms with E-state index in [4.69, 9.17) is 4.98 Å². The second-order valence-corrected chi connectivity index (χ2v) is 9.68. The molecule has 0 fully saturated rings. The van der Waals surface area contributed by atoms with E-state index in [9.17, 15) is 14.4 Å². The number of hydrogen-bond donors (Lipinski definition) is 2. The third-order valence-corrected chi connectivity index (χ3v) is 7.19. The molecule has 0 aliphatic heterocycles. The standard InChI is InChI=1S/C24H22N4O3S2/c1-14-9-7-8-12-18(14)28-22(30)17-13-19(16-10-5-4-6-11-16)33-21(17)27-24(28)32-15(2)20(29)26-23(31)25-3/h4-13,15H,1-3H3,(H2,25,26,29,31). The molecule has 168 valence electrons. The molecule has 2 N–H and O–H groups in total. The SMILES string of the molecule is CNC(=O)NC(=O)C(C)Sc1nc2sc(-c3ccccc3)cc2c(=O)n1-c1ccccc1C. The van der Waals surface area contributed by atoms with Crippen LogP contribution in [0.1, 0.15) is 12.5 Å². The number of thiophene rings is 1. The molecule has 7 nitrogen and oxygen atoms in total. The second kappa shape index (κ2) is 9.60. The molecular formula is C24H22N4O3S2. The number of urea groups is 1. The normalized spacial score (nSPS) is 11.8. The highest BCUT2D eigenvalue weighted by molar-refractivity contribution is 8.00. The van der Waals surface area contributed by atoms with Crippen LogP contribution in [0.4, 0.5) is 4.79 Å². The Balaban J connectivity index is 1.85. The number of fused-ring (bicyclic) bond motifs is 1. The van der Waals surface area contributed by atoms with Crippen LogP contribution in [0.3, 0.4) is 0 Å². The van der Waals surface area contributed by atoms with Crippen molar-refractivity contribution in [3.63, 3.8) is 0 Å². The van der Waals surface area contributed by atoms with Gasteiger partial charge >= 0.3 is 6.03 Å². The minimum absolute atomic E-state index is 0.200. The molecule has 1 unspecified atom stereocenters. The molecule has 0 aliphatic rings. The van der Waals surface area contributed by atoms with Gasteiger partial charge in [0.2, 0.25) is 5.91 Å². The molecule has 1 atom stereocenters. The van der Waals surface area contributed by atoms with Crippen molar-refractivity contribution in [1.82, 2.24) is 20.2 Å². The molecule has 2 heterocycles. The lowest BCUT2D eigenvalue weighted by atomic mass is 10.2. The van der Waals surface area contributed by atoms with Crippen LogP contribution in [0.25, 0.3) is 26.3 Å². The quantitative estimate of drug-likeness (QED) is 0.328. The first-order valence-corrected chi connectivity index (χ1v) is 12.0. The van der Waals surface area contributed by atoms with Crippen molar-refractivity contribution in [1.29, 1.82) is 0 Å². The van der Waals surface area contributed by atoms with Gasteiger partial charge in [-0.05, 0) is 37.1 Å². The van der Waals surface area contributed by atoms with Crippen LogP contribution < -0.4 is 16.2 Å². The first-order chi connectivity index (χ1) is 15.9. The monoisotopic (exact) mass is 478 g/mol. The fourth-order valence-electron chi connectivity index (χ4n) is 3.30. The van der Waals surface area contributed by atoms with E-state index in [-0.39, 0.29) is 5.56 Å². The summed E-state index contributed by atoms with van der Waals surface area (Å²) in [6, 6.07) is 18.7. The topological polar surface area (TPSA) is 93.1 Å². The molecule has 4 rings (SSSR count). The molecule has 0 aliphatic carbocycles. The zero-order valence-corrected chi connectivity index (χ0v) is 19.9. The van der Waals surface area contributed by atoms with Crippen LogP contribution in [0.5, 0.6) is 0 Å². The third kappa shape index (κ3) is 4.69. The average molecular weight is 479 g/mol. The largest absolute Gasteiger partial charge is 0.341 e. The van der Waals surface area contributed by atoms with Gasteiger partial charge in [-0.2, -0.15) is 0 Å². The van der Waals surface area contributed by atoms with E-state index in [0.29, 0.717) is 21.1 Å². The number of thioether (sulfide) groups is 1. The van der Waals surface area contributed by atoms with E-state index in [1.165, 1.54) is 18.4 Å². The number of carbonyl (C=O) groups excluding carboxylic acids is 2. The predicted octanol–water partition coefficient (Wildman–Crippen LogP) is 4.36. The summed E-state index contributed by atoms with van der Waals surface area (Å²) >= 11 is 2.57. The number of nitrogens with one attached hydrogen (secondary N) is 2. The molecule has 0 saturated heterocycles. The van der Waals surface area contributed by atoms with Gasteiger partial charge in [-0.25, -0.2) is 9.78 Å². The summed E-state index contributed by atoms with van der Waals surface area (Å²) in [4.78, 5) is 44.0. The van der Waals surface area contributed by atoms with E-state index in [2.05, 4.69) is 10.6 Å². The number of rotatable bonds is 5. The van der Waals surface area contributed by atoms with E-state index in [0.717, 1.165) is 27.8 Å². The summed E-state index contributed by atoms with van der Waals surface area (Å²) in [6.45, 7) is 3.59. The van der Waals surface area contributed by atoms with Crippen molar-refractivity contribution in [2.24, 2.45) is 0 Å². The number of benzene rings is 2. The van der Waals surface area contributed by atoms with Crippen molar-refractivity contribution in [3.8, 4) is 16.1 Å². The lowest BCUT2D eigenvalue weighted by Gasteiger charge is -2.16. The summed E-state index contributed by atoms with van der Waals surface area (Å²) in [5, 5.41) is 4.89. The Morgan fingerprint density at radius 3 is 2.48 bits per heavy atom. The molecule has 0 radical (unpaired) electrons. The highest BCUT2D eigenvalue weighted by Crippen LogP contribution is 2.33. The zero-order valence-electron chi connectivity index (χ0n) is 18.3. The smallest absolute Gasteiger partial charge is 0.321 e. The molecule has 2 aromatic carbocycles. The van der Waals surface area contributed by atoms with Gasteiger partial charge in [0.15, 0.2) is 5.16 Å². The first-order valence-electron chi connectivity index (χ1n) is 10.3. The van der Waals surface area contributed by atoms with Crippen LogP contribution in [0, 0.1) is 6.92 Å². The van der Waals surface area contributed by atoms with Gasteiger partial charge in [0.05, 0.1) is 16.3 Å². The van der Waals surface area contributed by atoms with E-state index in [1.807, 2.05) is 67.6 Å². The van der Waals surface area contributed by atoms with Gasteiger partial charge in [-0.3, -0.25) is 19.5 Å². The van der Waals surface area contributed by atoms with Crippen molar-refractivity contribution >= 4 is 45.3 Å². The van der Waals surface area contributed by atoms with Crippen LogP contribution >= 0.6 is 23.1 Å². The highest BCUT2D eigenvalue weighted by Gasteiger charge is 2.23. The van der Waals surface area contributed by atoms with Crippen molar-refractivity contribution in [3.05, 3.63) is 76.6 Å². The minimum Gasteiger partial charge on any atom is -0.341 e. The second-order valence-electron chi connectivity index (χ2n) is 7.35. The molecule has 9 heteroatoms. The Kier molecular flexibility index (Phi) is 6.62. The van der Waals surface area contributed by atoms with Crippen LogP contribution in [0.2, 0.25) is 0 Å². The lowest BCUT2D eigenvalue weighted by molar-refractivity contribution is -0.119. The number of para-hydroxylation sites is 1. The van der Waals surface area contributed by atoms with Gasteiger partial charge in [0, 0.05) is 11.9 Å². The summed E-state index contributed by atoms with van der Waals surface area (Å²) in [7, 11) is 1.44. The summed E-state index contributed by atoms with van der Waals surface area (Å²) < 4.78 is 1.55. The lowest BCUT2D eigenvalue weighted by Crippen LogP contribution is -2.41. The number of nitrogens with zero attached hydrogens (tertiary/aromatic N) is 2. The van der Waals surface area contributed by atoms with Gasteiger partial charge in [0.1, 0.15) is 4.83 Å². The first kappa shape index (κ1) is 22.8. The maximum Gasteiger partial charge on any atom is 0.321 e. The van der Waals surface area contributed by atoms with Gasteiger partial charge in [-0.1, -0.05) is 60.3 Å². The molecule has 33 heavy (non-hydrogen) atoms. The van der Waals surface area contributed by atoms with Crippen LogP contribution in [-0.4, -0.2) is 33.8 Å². The molecule has 4 aromatic rings. The number of hydrogen-bond acceptors (Lipinski definition) is 6. The average Bonchev–Trinajstić information content (AvgIpc) is 3.25. The van der Waals surface area contributed by atoms with Crippen molar-refractivity contribution in [2.45, 2.75) is 24.3 Å². The highest BCUT2D eigenvalue weighted by atomic mass is 32.2. The summed E-state index contributed by atoms with van der Waals surface area (Å²) in [5.41, 5.74) is 2.42. The van der Waals surface area contributed by atoms with Gasteiger partial charge in [0.25, 0.3) is 5.56 Å². The Hall–Kier alpha value is -3.43. The van der Waals surface area contributed by atoms with Gasteiger partial charge in [-0.15, -0.1) is 11.3 Å². The number of imide groups is 1. The Bertz CT molecular complexity index is 1400. The molecule has 0 saturated carbocycles. The summed E-state index contributed by atoms with van der Waals surface area (Å²) in [6.07, 6.45) is 0. The molecule has 3 amide bonds. The van der Waals surface area contributed by atoms with Crippen LogP contribution in [-0.2, 0) is 4.79 Å². The van der Waals surface area contributed by atoms with E-state index in [1.54, 1.807) is 11.5 Å². The van der Waals surface area contributed by atoms with Crippen LogP contribution in [0.15, 0.2) is 70.6 Å². The van der Waals surface area contributed by atoms with Crippen molar-refractivity contribution < 1.29 is 9.59 Å². The fourth-order valence-corrected chi connectivity index (χ4v) is 5.30. The number of amides is 3. The Morgan fingerprint density at radius 2 is 1.79 bits per heavy atom. The molecule has 2 aromatic heterocycles. The number of aromatic nitrogens is 2. The van der Waals surface area contributed by atoms with E-state index < -0.39 is 17.2 Å².